The number of aryl methyl sites for hydroxylation is 1. The first-order chi connectivity index (χ1) is 16.3. The van der Waals surface area contributed by atoms with Gasteiger partial charge in [0.15, 0.2) is 5.72 Å². The second kappa shape index (κ2) is 8.30. The first-order valence-corrected chi connectivity index (χ1v) is 10.8. The molecule has 0 N–H and O–H groups in total. The number of ether oxygens (including phenoxy) is 2. The lowest BCUT2D eigenvalue weighted by atomic mass is 10.0. The average Bonchev–Trinajstić information content (AvgIpc) is 3.25. The minimum absolute atomic E-state index is 0.188. The van der Waals surface area contributed by atoms with Crippen molar-refractivity contribution in [2.24, 2.45) is 7.05 Å². The first kappa shape index (κ1) is 21.6. The summed E-state index contributed by atoms with van der Waals surface area (Å²) in [7, 11) is 1.84. The molecule has 2 aromatic heterocycles. The first-order valence-electron chi connectivity index (χ1n) is 10.8. The van der Waals surface area contributed by atoms with Gasteiger partial charge in [0.25, 0.3) is 5.91 Å². The van der Waals surface area contributed by atoms with Gasteiger partial charge in [-0.05, 0) is 55.8 Å². The summed E-state index contributed by atoms with van der Waals surface area (Å²) in [4.78, 5) is 19.5. The second-order valence-corrected chi connectivity index (χ2v) is 8.61. The Balaban J connectivity index is 1.41. The van der Waals surface area contributed by atoms with Gasteiger partial charge in [-0.2, -0.15) is 5.10 Å². The molecule has 0 spiro atoms. The molecule has 8 heteroatoms. The maximum atomic E-state index is 13.4. The number of amides is 1. The normalized spacial score (nSPS) is 14.5. The number of rotatable bonds is 5. The number of benzene rings is 2. The van der Waals surface area contributed by atoms with Crippen LogP contribution < -0.4 is 9.47 Å². The van der Waals surface area contributed by atoms with Crippen LogP contribution in [0.5, 0.6) is 17.2 Å². The Morgan fingerprint density at radius 3 is 2.56 bits per heavy atom. The van der Waals surface area contributed by atoms with Crippen molar-refractivity contribution in [3.05, 3.63) is 90.1 Å². The maximum absolute atomic E-state index is 13.4. The predicted molar refractivity (Wildman–Crippen MR) is 124 cm³/mol. The molecule has 0 radical (unpaired) electrons. The average molecular weight is 458 g/mol. The smallest absolute Gasteiger partial charge is 0.261 e. The Kier molecular flexibility index (Phi) is 5.28. The summed E-state index contributed by atoms with van der Waals surface area (Å²) < 4.78 is 27.2. The van der Waals surface area contributed by atoms with Gasteiger partial charge in [-0.15, -0.1) is 0 Å². The largest absolute Gasteiger partial charge is 0.468 e. The number of halogens is 1. The lowest BCUT2D eigenvalue weighted by Crippen LogP contribution is -2.54. The summed E-state index contributed by atoms with van der Waals surface area (Å²) in [5.74, 6) is 1.07. The topological polar surface area (TPSA) is 69.5 Å². The summed E-state index contributed by atoms with van der Waals surface area (Å²) in [6.45, 7) is 3.95. The molecule has 7 nitrogen and oxygen atoms in total. The molecule has 0 fully saturated rings. The summed E-state index contributed by atoms with van der Waals surface area (Å²) in [5, 5.41) is 4.18. The van der Waals surface area contributed by atoms with E-state index in [9.17, 15) is 9.18 Å². The van der Waals surface area contributed by atoms with Crippen molar-refractivity contribution < 1.29 is 18.7 Å². The Morgan fingerprint density at radius 2 is 1.82 bits per heavy atom. The molecule has 0 aliphatic carbocycles. The van der Waals surface area contributed by atoms with Gasteiger partial charge in [0.1, 0.15) is 23.1 Å². The van der Waals surface area contributed by atoms with Crippen LogP contribution in [0.4, 0.5) is 4.39 Å². The Hall–Kier alpha value is -4.20. The molecule has 0 saturated heterocycles. The van der Waals surface area contributed by atoms with Crippen molar-refractivity contribution in [3.63, 3.8) is 0 Å². The van der Waals surface area contributed by atoms with E-state index in [1.165, 1.54) is 12.1 Å². The van der Waals surface area contributed by atoms with Crippen LogP contribution in [-0.4, -0.2) is 31.3 Å². The van der Waals surface area contributed by atoms with Crippen LogP contribution in [0.1, 0.15) is 29.8 Å². The highest BCUT2D eigenvalue weighted by Gasteiger charge is 2.40. The van der Waals surface area contributed by atoms with Crippen molar-refractivity contribution in [2.75, 3.05) is 0 Å². The molecule has 4 aromatic rings. The van der Waals surface area contributed by atoms with E-state index in [-0.39, 0.29) is 18.3 Å². The minimum Gasteiger partial charge on any atom is -0.468 e. The van der Waals surface area contributed by atoms with E-state index >= 15 is 0 Å². The predicted octanol–water partition coefficient (Wildman–Crippen LogP) is 5.18. The fourth-order valence-electron chi connectivity index (χ4n) is 3.90. The van der Waals surface area contributed by atoms with Gasteiger partial charge in [-0.3, -0.25) is 19.4 Å². The molecule has 3 heterocycles. The summed E-state index contributed by atoms with van der Waals surface area (Å²) in [6, 6.07) is 14.8. The highest BCUT2D eigenvalue weighted by atomic mass is 19.1. The number of carbonyl (C=O) groups excluding carboxylic acids is 1. The third-order valence-electron chi connectivity index (χ3n) is 5.66. The van der Waals surface area contributed by atoms with Gasteiger partial charge < -0.3 is 9.47 Å². The summed E-state index contributed by atoms with van der Waals surface area (Å²) in [6.07, 6.45) is 5.27. The lowest BCUT2D eigenvalue weighted by Gasteiger charge is -2.42. The van der Waals surface area contributed by atoms with Gasteiger partial charge in [0.2, 0.25) is 0 Å². The van der Waals surface area contributed by atoms with Crippen molar-refractivity contribution in [1.82, 2.24) is 19.7 Å². The van der Waals surface area contributed by atoms with Crippen LogP contribution in [0.25, 0.3) is 11.3 Å². The van der Waals surface area contributed by atoms with Crippen LogP contribution in [0, 0.1) is 5.82 Å². The number of fused-ring (bicyclic) bond motifs is 1. The van der Waals surface area contributed by atoms with Crippen LogP contribution in [-0.2, 0) is 13.6 Å². The highest BCUT2D eigenvalue weighted by Crippen LogP contribution is 2.37. The van der Waals surface area contributed by atoms with Crippen LogP contribution in [0.2, 0.25) is 0 Å². The maximum Gasteiger partial charge on any atom is 0.261 e. The molecule has 1 aliphatic heterocycles. The molecular formula is C26H23FN4O3. The molecule has 34 heavy (non-hydrogen) atoms. The third-order valence-corrected chi connectivity index (χ3v) is 5.66. The van der Waals surface area contributed by atoms with Gasteiger partial charge in [0.05, 0.1) is 17.5 Å². The summed E-state index contributed by atoms with van der Waals surface area (Å²) in [5.41, 5.74) is 1.95. The molecule has 1 aliphatic rings. The molecule has 0 saturated carbocycles. The molecule has 2 aromatic carbocycles. The van der Waals surface area contributed by atoms with Gasteiger partial charge in [-0.25, -0.2) is 4.39 Å². The van der Waals surface area contributed by atoms with E-state index in [0.29, 0.717) is 22.8 Å². The van der Waals surface area contributed by atoms with Crippen LogP contribution in [0.3, 0.4) is 0 Å². The SMILES string of the molecule is Cn1cc(-c2cc(Oc3ccc4c(c3)C(=O)N(Cc3ccc(F)cc3)C(C)(C)O4)ccn2)cn1. The number of aromatic nitrogens is 3. The zero-order valence-electron chi connectivity index (χ0n) is 19.0. The number of carbonyl (C=O) groups is 1. The number of pyridine rings is 1. The molecule has 5 rings (SSSR count). The fourth-order valence-corrected chi connectivity index (χ4v) is 3.90. The monoisotopic (exact) mass is 458 g/mol. The summed E-state index contributed by atoms with van der Waals surface area (Å²) >= 11 is 0. The number of nitrogens with zero attached hydrogens (tertiary/aromatic N) is 4. The molecule has 172 valence electrons. The van der Waals surface area contributed by atoms with E-state index in [1.807, 2.05) is 33.2 Å². The van der Waals surface area contributed by atoms with Crippen LogP contribution in [0.15, 0.2) is 73.2 Å². The number of hydrogen-bond donors (Lipinski definition) is 0. The molecule has 0 unspecified atom stereocenters. The van der Waals surface area contributed by atoms with Gasteiger partial charge in [-0.1, -0.05) is 12.1 Å². The van der Waals surface area contributed by atoms with E-state index < -0.39 is 5.72 Å². The zero-order chi connectivity index (χ0) is 23.9. The van der Waals surface area contributed by atoms with E-state index in [1.54, 1.807) is 58.4 Å². The van der Waals surface area contributed by atoms with Crippen molar-refractivity contribution in [2.45, 2.75) is 26.1 Å². The minimum atomic E-state index is -0.870. The third kappa shape index (κ3) is 4.22. The molecule has 0 atom stereocenters. The highest BCUT2D eigenvalue weighted by molar-refractivity contribution is 5.98. The Bertz CT molecular complexity index is 1360. The van der Waals surface area contributed by atoms with E-state index in [4.69, 9.17) is 9.47 Å². The van der Waals surface area contributed by atoms with E-state index in [2.05, 4.69) is 10.1 Å². The molecular weight excluding hydrogens is 435 g/mol. The van der Waals surface area contributed by atoms with Crippen molar-refractivity contribution in [1.29, 1.82) is 0 Å². The quantitative estimate of drug-likeness (QED) is 0.412. The zero-order valence-corrected chi connectivity index (χ0v) is 19.0. The van der Waals surface area contributed by atoms with Gasteiger partial charge in [0, 0.05) is 37.6 Å². The van der Waals surface area contributed by atoms with E-state index in [0.717, 1.165) is 16.8 Å². The fraction of sp³-hybridized carbons (Fsp3) is 0.192. The lowest BCUT2D eigenvalue weighted by molar-refractivity contribution is -0.0536. The molecule has 1 amide bonds. The van der Waals surface area contributed by atoms with Crippen molar-refractivity contribution in [3.8, 4) is 28.5 Å². The Morgan fingerprint density at radius 1 is 1.06 bits per heavy atom. The standard InChI is InChI=1S/C26H23FN4O3/c1-26(2)31(15-17-4-6-19(27)7-5-17)25(32)22-12-20(8-9-24(22)34-26)33-21-10-11-28-23(13-21)18-14-29-30(3)16-18/h4-14,16H,15H2,1-3H3. The number of hydrogen-bond acceptors (Lipinski definition) is 5. The molecule has 0 bridgehead atoms. The van der Waals surface area contributed by atoms with Crippen molar-refractivity contribution >= 4 is 5.91 Å². The van der Waals surface area contributed by atoms with Crippen LogP contribution >= 0.6 is 0 Å². The second-order valence-electron chi connectivity index (χ2n) is 8.61. The Labute approximate surface area is 196 Å². The van der Waals surface area contributed by atoms with Gasteiger partial charge >= 0.3 is 0 Å².